The maximum absolute atomic E-state index is 6.44. The molecule has 2 atom stereocenters. The van der Waals surface area contributed by atoms with Crippen molar-refractivity contribution in [1.29, 1.82) is 0 Å². The molecular formula is C16H27ClN2S. The van der Waals surface area contributed by atoms with Crippen molar-refractivity contribution < 1.29 is 0 Å². The van der Waals surface area contributed by atoms with Crippen LogP contribution in [0, 0.1) is 0 Å². The van der Waals surface area contributed by atoms with Crippen LogP contribution in [-0.4, -0.2) is 31.1 Å². The highest BCUT2D eigenvalue weighted by molar-refractivity contribution is 7.98. The van der Waals surface area contributed by atoms with Gasteiger partial charge in [-0.05, 0) is 49.8 Å². The van der Waals surface area contributed by atoms with E-state index in [-0.39, 0.29) is 6.04 Å². The van der Waals surface area contributed by atoms with Crippen LogP contribution in [0.5, 0.6) is 0 Å². The number of nitrogens with zero attached hydrogens (tertiary/aromatic N) is 1. The van der Waals surface area contributed by atoms with Gasteiger partial charge in [0, 0.05) is 19.1 Å². The summed E-state index contributed by atoms with van der Waals surface area (Å²) < 4.78 is 0. The summed E-state index contributed by atoms with van der Waals surface area (Å²) in [5.41, 5.74) is 8.52. The van der Waals surface area contributed by atoms with E-state index in [1.165, 1.54) is 11.3 Å². The molecule has 0 aliphatic carbocycles. The van der Waals surface area contributed by atoms with Crippen molar-refractivity contribution in [3.63, 3.8) is 0 Å². The van der Waals surface area contributed by atoms with Crippen molar-refractivity contribution in [3.8, 4) is 0 Å². The number of rotatable bonds is 8. The molecule has 1 aromatic carbocycles. The quantitative estimate of drug-likeness (QED) is 0.780. The predicted molar refractivity (Wildman–Crippen MR) is 94.3 cm³/mol. The molecule has 4 heteroatoms. The first-order chi connectivity index (χ1) is 9.51. The number of hydrogen-bond donors (Lipinski definition) is 1. The van der Waals surface area contributed by atoms with Gasteiger partial charge in [-0.1, -0.05) is 30.7 Å². The summed E-state index contributed by atoms with van der Waals surface area (Å²) in [5, 5.41) is 0.823. The Kier molecular flexibility index (Phi) is 7.78. The van der Waals surface area contributed by atoms with Crippen LogP contribution in [0.4, 0.5) is 5.69 Å². The smallest absolute Gasteiger partial charge is 0.0642 e. The van der Waals surface area contributed by atoms with Crippen molar-refractivity contribution in [2.24, 2.45) is 5.73 Å². The number of nitrogens with two attached hydrogens (primary N) is 1. The molecule has 2 nitrogen and oxygen atoms in total. The summed E-state index contributed by atoms with van der Waals surface area (Å²) in [5.74, 6) is 1.17. The molecular weight excluding hydrogens is 288 g/mol. The number of benzene rings is 1. The topological polar surface area (TPSA) is 29.3 Å². The third kappa shape index (κ3) is 4.87. The van der Waals surface area contributed by atoms with Crippen molar-refractivity contribution >= 4 is 29.1 Å². The third-order valence-corrected chi connectivity index (χ3v) is 4.78. The van der Waals surface area contributed by atoms with Crippen molar-refractivity contribution in [3.05, 3.63) is 28.8 Å². The Morgan fingerprint density at radius 1 is 1.40 bits per heavy atom. The average molecular weight is 315 g/mol. The SMILES string of the molecule is CCC(N)Cc1cccc(Cl)c1N(C)C(C)CCSC. The summed E-state index contributed by atoms with van der Waals surface area (Å²) in [6.45, 7) is 4.38. The lowest BCUT2D eigenvalue weighted by atomic mass is 10.0. The highest BCUT2D eigenvalue weighted by Crippen LogP contribution is 2.32. The summed E-state index contributed by atoms with van der Waals surface area (Å²) in [6, 6.07) is 6.80. The second-order valence-corrected chi connectivity index (χ2v) is 6.75. The van der Waals surface area contributed by atoms with Gasteiger partial charge in [-0.15, -0.1) is 0 Å². The van der Waals surface area contributed by atoms with E-state index in [1.807, 2.05) is 23.9 Å². The number of anilines is 1. The van der Waals surface area contributed by atoms with Gasteiger partial charge in [-0.25, -0.2) is 0 Å². The standard InChI is InChI=1S/C16H27ClN2S/c1-5-14(18)11-13-7-6-8-15(17)16(13)19(3)12(2)9-10-20-4/h6-8,12,14H,5,9-11,18H2,1-4H3. The monoisotopic (exact) mass is 314 g/mol. The lowest BCUT2D eigenvalue weighted by Crippen LogP contribution is -2.31. The number of hydrogen-bond acceptors (Lipinski definition) is 3. The number of para-hydroxylation sites is 1. The van der Waals surface area contributed by atoms with Gasteiger partial charge < -0.3 is 10.6 Å². The van der Waals surface area contributed by atoms with E-state index >= 15 is 0 Å². The van der Waals surface area contributed by atoms with Crippen LogP contribution in [0.25, 0.3) is 0 Å². The lowest BCUT2D eigenvalue weighted by molar-refractivity contribution is 0.634. The Balaban J connectivity index is 2.96. The normalized spacial score (nSPS) is 14.1. The van der Waals surface area contributed by atoms with Crippen LogP contribution in [-0.2, 0) is 6.42 Å². The predicted octanol–water partition coefficient (Wildman–Crippen LogP) is 4.20. The Morgan fingerprint density at radius 2 is 2.10 bits per heavy atom. The molecule has 0 spiro atoms. The second kappa shape index (κ2) is 8.81. The molecule has 0 bridgehead atoms. The van der Waals surface area contributed by atoms with E-state index in [9.17, 15) is 0 Å². The molecule has 0 saturated carbocycles. The number of halogens is 1. The summed E-state index contributed by atoms with van der Waals surface area (Å²) in [7, 11) is 2.13. The Morgan fingerprint density at radius 3 is 2.70 bits per heavy atom. The molecule has 0 saturated heterocycles. The van der Waals surface area contributed by atoms with E-state index in [2.05, 4.69) is 38.1 Å². The number of thioether (sulfide) groups is 1. The van der Waals surface area contributed by atoms with Gasteiger partial charge in [-0.3, -0.25) is 0 Å². The Hall–Kier alpha value is -0.380. The first-order valence-corrected chi connectivity index (χ1v) is 9.03. The molecule has 1 aromatic rings. The van der Waals surface area contributed by atoms with E-state index in [4.69, 9.17) is 17.3 Å². The van der Waals surface area contributed by atoms with Gasteiger partial charge in [0.1, 0.15) is 0 Å². The fourth-order valence-corrected chi connectivity index (χ4v) is 3.15. The average Bonchev–Trinajstić information content (AvgIpc) is 2.44. The van der Waals surface area contributed by atoms with Gasteiger partial charge in [0.2, 0.25) is 0 Å². The van der Waals surface area contributed by atoms with Crippen LogP contribution >= 0.6 is 23.4 Å². The molecule has 114 valence electrons. The van der Waals surface area contributed by atoms with Crippen LogP contribution in [0.15, 0.2) is 18.2 Å². The fraction of sp³-hybridized carbons (Fsp3) is 0.625. The molecule has 0 aromatic heterocycles. The molecule has 0 amide bonds. The van der Waals surface area contributed by atoms with Crippen LogP contribution in [0.2, 0.25) is 5.02 Å². The zero-order chi connectivity index (χ0) is 15.1. The second-order valence-electron chi connectivity index (χ2n) is 5.36. The highest BCUT2D eigenvalue weighted by atomic mass is 35.5. The fourth-order valence-electron chi connectivity index (χ4n) is 2.25. The van der Waals surface area contributed by atoms with Gasteiger partial charge >= 0.3 is 0 Å². The van der Waals surface area contributed by atoms with E-state index in [0.29, 0.717) is 6.04 Å². The Labute approximate surface area is 133 Å². The summed E-state index contributed by atoms with van der Waals surface area (Å²) in [6.07, 6.45) is 5.17. The van der Waals surface area contributed by atoms with E-state index in [0.717, 1.165) is 30.0 Å². The molecule has 0 aliphatic heterocycles. The maximum atomic E-state index is 6.44. The largest absolute Gasteiger partial charge is 0.370 e. The van der Waals surface area contributed by atoms with Gasteiger partial charge in [0.05, 0.1) is 10.7 Å². The molecule has 0 radical (unpaired) electrons. The highest BCUT2D eigenvalue weighted by Gasteiger charge is 2.17. The molecule has 0 heterocycles. The van der Waals surface area contributed by atoms with Gasteiger partial charge in [0.15, 0.2) is 0 Å². The summed E-state index contributed by atoms with van der Waals surface area (Å²) in [4.78, 5) is 2.30. The van der Waals surface area contributed by atoms with Crippen LogP contribution in [0.3, 0.4) is 0 Å². The molecule has 1 rings (SSSR count). The van der Waals surface area contributed by atoms with Gasteiger partial charge in [0.25, 0.3) is 0 Å². The van der Waals surface area contributed by atoms with Gasteiger partial charge in [-0.2, -0.15) is 11.8 Å². The van der Waals surface area contributed by atoms with Crippen LogP contribution < -0.4 is 10.6 Å². The third-order valence-electron chi connectivity index (χ3n) is 3.83. The molecule has 20 heavy (non-hydrogen) atoms. The zero-order valence-corrected chi connectivity index (χ0v) is 14.6. The first kappa shape index (κ1) is 17.7. The van der Waals surface area contributed by atoms with Crippen molar-refractivity contribution in [2.75, 3.05) is 24.0 Å². The summed E-state index contributed by atoms with van der Waals surface area (Å²) >= 11 is 8.33. The Bertz CT molecular complexity index is 411. The van der Waals surface area contributed by atoms with Crippen LogP contribution in [0.1, 0.15) is 32.3 Å². The maximum Gasteiger partial charge on any atom is 0.0642 e. The van der Waals surface area contributed by atoms with Crippen molar-refractivity contribution in [1.82, 2.24) is 0 Å². The van der Waals surface area contributed by atoms with E-state index < -0.39 is 0 Å². The molecule has 2 unspecified atom stereocenters. The lowest BCUT2D eigenvalue weighted by Gasteiger charge is -2.30. The molecule has 0 aliphatic rings. The molecule has 0 fully saturated rings. The first-order valence-electron chi connectivity index (χ1n) is 7.26. The zero-order valence-electron chi connectivity index (χ0n) is 13.0. The van der Waals surface area contributed by atoms with Crippen molar-refractivity contribution in [2.45, 2.75) is 45.2 Å². The van der Waals surface area contributed by atoms with E-state index in [1.54, 1.807) is 0 Å². The minimum Gasteiger partial charge on any atom is -0.370 e. The minimum atomic E-state index is 0.196. The minimum absolute atomic E-state index is 0.196. The molecule has 2 N–H and O–H groups in total.